The monoisotopic (exact) mass is 433 g/mol. The van der Waals surface area contributed by atoms with Gasteiger partial charge in [0.05, 0.1) is 24.3 Å². The molecule has 0 unspecified atom stereocenters. The molecular formula is C23H23N5O4. The summed E-state index contributed by atoms with van der Waals surface area (Å²) in [6, 6.07) is 7.12. The van der Waals surface area contributed by atoms with Gasteiger partial charge < -0.3 is 14.0 Å². The van der Waals surface area contributed by atoms with Crippen LogP contribution in [0.2, 0.25) is 0 Å². The van der Waals surface area contributed by atoms with Crippen LogP contribution in [0, 0.1) is 18.3 Å². The number of aryl methyl sites for hydroxylation is 2. The first-order valence-electron chi connectivity index (χ1n) is 9.91. The molecule has 0 bridgehead atoms. The van der Waals surface area contributed by atoms with E-state index in [-0.39, 0.29) is 22.0 Å². The summed E-state index contributed by atoms with van der Waals surface area (Å²) in [5.41, 5.74) is 1.63. The van der Waals surface area contributed by atoms with Crippen molar-refractivity contribution in [3.63, 3.8) is 0 Å². The lowest BCUT2D eigenvalue weighted by atomic mass is 10.2. The minimum Gasteiger partial charge on any atom is -0.504 e. The number of carbonyl (C=O) groups is 1. The van der Waals surface area contributed by atoms with Gasteiger partial charge in [-0.05, 0) is 37.1 Å². The molecule has 9 heteroatoms. The van der Waals surface area contributed by atoms with Gasteiger partial charge in [0, 0.05) is 32.5 Å². The molecule has 0 aliphatic carbocycles. The van der Waals surface area contributed by atoms with Crippen LogP contribution in [0.15, 0.2) is 58.7 Å². The van der Waals surface area contributed by atoms with Gasteiger partial charge in [-0.15, -0.1) is 0 Å². The number of amides is 1. The van der Waals surface area contributed by atoms with Gasteiger partial charge in [-0.1, -0.05) is 12.1 Å². The minimum atomic E-state index is -0.559. The Kier molecular flexibility index (Phi) is 7.31. The molecule has 3 aromatic heterocycles. The van der Waals surface area contributed by atoms with Crippen molar-refractivity contribution in [2.75, 3.05) is 20.8 Å². The Labute approximate surface area is 184 Å². The molecule has 3 aromatic rings. The summed E-state index contributed by atoms with van der Waals surface area (Å²) in [6.45, 7) is 2.67. The van der Waals surface area contributed by atoms with E-state index < -0.39 is 5.91 Å². The van der Waals surface area contributed by atoms with Crippen molar-refractivity contribution < 1.29 is 14.3 Å². The lowest BCUT2D eigenvalue weighted by Gasteiger charge is -2.14. The third-order valence-corrected chi connectivity index (χ3v) is 4.74. The number of carbonyl (C=O) groups excluding carboxylic acids is 1. The van der Waals surface area contributed by atoms with Gasteiger partial charge in [0.25, 0.3) is 11.5 Å². The molecule has 0 N–H and O–H groups in total. The number of pyridine rings is 2. The van der Waals surface area contributed by atoms with Crippen molar-refractivity contribution in [2.45, 2.75) is 19.9 Å². The highest BCUT2D eigenvalue weighted by molar-refractivity contribution is 5.89. The van der Waals surface area contributed by atoms with Gasteiger partial charge in [-0.2, -0.15) is 10.3 Å². The zero-order valence-corrected chi connectivity index (χ0v) is 18.1. The largest absolute Gasteiger partial charge is 0.504 e. The normalized spacial score (nSPS) is 12.2. The summed E-state index contributed by atoms with van der Waals surface area (Å²) in [5, 5.41) is 10.0. The summed E-state index contributed by atoms with van der Waals surface area (Å²) in [6.07, 6.45) is 7.91. The van der Waals surface area contributed by atoms with E-state index in [1.807, 2.05) is 13.0 Å². The van der Waals surface area contributed by atoms with E-state index >= 15 is 0 Å². The zero-order chi connectivity index (χ0) is 23.1. The second-order valence-corrected chi connectivity index (χ2v) is 6.90. The molecule has 1 amide bonds. The summed E-state index contributed by atoms with van der Waals surface area (Å²) in [4.78, 5) is 34.5. The number of ether oxygens (including phenoxy) is 2. The fourth-order valence-electron chi connectivity index (χ4n) is 3.27. The van der Waals surface area contributed by atoms with Crippen LogP contribution in [0.5, 0.6) is 0 Å². The molecule has 32 heavy (non-hydrogen) atoms. The number of aromatic nitrogens is 3. The second kappa shape index (κ2) is 10.3. The number of methoxy groups -OCH3 is 2. The number of hydrogen-bond donors (Lipinski definition) is 0. The second-order valence-electron chi connectivity index (χ2n) is 6.90. The Balaban J connectivity index is 2.35. The van der Waals surface area contributed by atoms with Gasteiger partial charge in [0.15, 0.2) is 5.49 Å². The molecule has 0 aliphatic rings. The van der Waals surface area contributed by atoms with Crippen LogP contribution in [0.25, 0.3) is 16.7 Å². The summed E-state index contributed by atoms with van der Waals surface area (Å²) in [7, 11) is 3.08. The van der Waals surface area contributed by atoms with Crippen molar-refractivity contribution in [1.29, 1.82) is 5.26 Å². The van der Waals surface area contributed by atoms with Gasteiger partial charge in [0.2, 0.25) is 0 Å². The van der Waals surface area contributed by atoms with Crippen molar-refractivity contribution >= 4 is 22.6 Å². The van der Waals surface area contributed by atoms with Crippen LogP contribution >= 0.6 is 0 Å². The van der Waals surface area contributed by atoms with Crippen LogP contribution < -0.4 is 11.0 Å². The molecule has 0 saturated carbocycles. The number of allylic oxidation sites excluding steroid dienone is 2. The van der Waals surface area contributed by atoms with E-state index in [0.29, 0.717) is 30.9 Å². The third-order valence-electron chi connectivity index (χ3n) is 4.74. The van der Waals surface area contributed by atoms with Gasteiger partial charge in [-0.25, -0.2) is 4.98 Å². The van der Waals surface area contributed by atoms with E-state index in [9.17, 15) is 14.9 Å². The Morgan fingerprint density at radius 3 is 2.84 bits per heavy atom. The molecule has 0 atom stereocenters. The Morgan fingerprint density at radius 2 is 2.12 bits per heavy atom. The Bertz CT molecular complexity index is 1390. The van der Waals surface area contributed by atoms with Gasteiger partial charge >= 0.3 is 0 Å². The Hall–Kier alpha value is -4.03. The van der Waals surface area contributed by atoms with Crippen LogP contribution in [0.3, 0.4) is 0 Å². The number of rotatable bonds is 7. The summed E-state index contributed by atoms with van der Waals surface area (Å²) in [5.74, 6) is -0.559. The van der Waals surface area contributed by atoms with Crippen molar-refractivity contribution in [2.24, 2.45) is 4.99 Å². The summed E-state index contributed by atoms with van der Waals surface area (Å²) >= 11 is 0. The highest BCUT2D eigenvalue weighted by Gasteiger charge is 2.15. The molecule has 3 rings (SSSR count). The topological polar surface area (TPSA) is 111 Å². The molecule has 164 valence electrons. The molecule has 0 aliphatic heterocycles. The SMILES string of the molecule is CO/C=C\C=C\C(=O)N=c1c(C#N)cc2c(=O)n3cccc(C)c3nc2n1CCCOC. The van der Waals surface area contributed by atoms with Crippen LogP contribution in [-0.4, -0.2) is 40.7 Å². The van der Waals surface area contributed by atoms with E-state index in [1.54, 1.807) is 30.0 Å². The van der Waals surface area contributed by atoms with Crippen LogP contribution in [0.4, 0.5) is 0 Å². The minimum absolute atomic E-state index is 0.107. The van der Waals surface area contributed by atoms with Gasteiger partial charge in [0.1, 0.15) is 17.4 Å². The van der Waals surface area contributed by atoms with E-state index in [4.69, 9.17) is 14.5 Å². The fourth-order valence-corrected chi connectivity index (χ4v) is 3.27. The molecule has 0 spiro atoms. The number of nitrogens with zero attached hydrogens (tertiary/aromatic N) is 5. The number of nitriles is 1. The van der Waals surface area contributed by atoms with Crippen LogP contribution in [-0.2, 0) is 20.8 Å². The van der Waals surface area contributed by atoms with Crippen molar-refractivity contribution in [3.8, 4) is 6.07 Å². The first kappa shape index (κ1) is 22.7. The summed E-state index contributed by atoms with van der Waals surface area (Å²) < 4.78 is 13.0. The predicted molar refractivity (Wildman–Crippen MR) is 119 cm³/mol. The molecule has 0 aromatic carbocycles. The molecule has 0 radical (unpaired) electrons. The number of hydrogen-bond acceptors (Lipinski definition) is 6. The highest BCUT2D eigenvalue weighted by Crippen LogP contribution is 2.13. The maximum absolute atomic E-state index is 13.2. The Morgan fingerprint density at radius 1 is 1.31 bits per heavy atom. The van der Waals surface area contributed by atoms with Gasteiger partial charge in [-0.3, -0.25) is 14.0 Å². The first-order valence-corrected chi connectivity index (χ1v) is 9.91. The fraction of sp³-hybridized carbons (Fsp3) is 0.261. The molecule has 9 nitrogen and oxygen atoms in total. The first-order chi connectivity index (χ1) is 15.5. The van der Waals surface area contributed by atoms with Crippen LogP contribution in [0.1, 0.15) is 17.5 Å². The number of fused-ring (bicyclic) bond motifs is 2. The predicted octanol–water partition coefficient (Wildman–Crippen LogP) is 2.01. The van der Waals surface area contributed by atoms with E-state index in [1.165, 1.54) is 36.0 Å². The lowest BCUT2D eigenvalue weighted by molar-refractivity contribution is -0.113. The standard InChI is InChI=1S/C23H23N5O4/c1-16-8-6-10-28-20(16)26-22-18(23(28)30)14-17(15-24)21(27(22)11-7-13-32-3)25-19(29)9-4-5-12-31-2/h4-6,8-10,12,14H,7,11,13H2,1-3H3/b9-4+,12-5-,25-21?. The quantitative estimate of drug-likeness (QED) is 0.185. The average Bonchev–Trinajstić information content (AvgIpc) is 2.79. The molecule has 0 saturated heterocycles. The molecule has 3 heterocycles. The van der Waals surface area contributed by atoms with E-state index in [2.05, 4.69) is 11.1 Å². The zero-order valence-electron chi connectivity index (χ0n) is 18.1. The smallest absolute Gasteiger partial charge is 0.271 e. The maximum Gasteiger partial charge on any atom is 0.271 e. The highest BCUT2D eigenvalue weighted by atomic mass is 16.5. The van der Waals surface area contributed by atoms with E-state index in [0.717, 1.165) is 5.56 Å². The molecular weight excluding hydrogens is 410 g/mol. The maximum atomic E-state index is 13.2. The van der Waals surface area contributed by atoms with Crippen molar-refractivity contribution in [3.05, 3.63) is 75.9 Å². The van der Waals surface area contributed by atoms with Crippen molar-refractivity contribution in [1.82, 2.24) is 14.0 Å². The molecule has 0 fully saturated rings. The third kappa shape index (κ3) is 4.66. The lowest BCUT2D eigenvalue weighted by Crippen LogP contribution is -2.30. The average molecular weight is 433 g/mol.